The predicted molar refractivity (Wildman–Crippen MR) is 90.8 cm³/mol. The summed E-state index contributed by atoms with van der Waals surface area (Å²) < 4.78 is 18.5. The quantitative estimate of drug-likeness (QED) is 0.749. The molecule has 3 rings (SSSR count). The van der Waals surface area contributed by atoms with Crippen LogP contribution in [0.15, 0.2) is 52.9 Å². The molecule has 25 heavy (non-hydrogen) atoms. The summed E-state index contributed by atoms with van der Waals surface area (Å²) in [6.07, 6.45) is 0.216. The van der Waals surface area contributed by atoms with Crippen molar-refractivity contribution in [1.82, 2.24) is 15.5 Å². The molecule has 0 fully saturated rings. The maximum absolute atomic E-state index is 13.1. The molecule has 1 N–H and O–H groups in total. The van der Waals surface area contributed by atoms with Crippen LogP contribution in [-0.4, -0.2) is 16.1 Å². The molecular formula is C18H15ClFN3O2. The van der Waals surface area contributed by atoms with E-state index in [0.29, 0.717) is 5.56 Å². The van der Waals surface area contributed by atoms with E-state index in [9.17, 15) is 9.18 Å². The van der Waals surface area contributed by atoms with E-state index in [1.165, 1.54) is 12.1 Å². The van der Waals surface area contributed by atoms with Gasteiger partial charge in [0.25, 0.3) is 0 Å². The molecule has 1 amide bonds. The van der Waals surface area contributed by atoms with Crippen LogP contribution in [0.5, 0.6) is 0 Å². The van der Waals surface area contributed by atoms with Crippen LogP contribution < -0.4 is 5.32 Å². The molecule has 3 aromatic rings. The number of hydrogen-bond donors (Lipinski definition) is 1. The minimum atomic E-state index is -0.458. The SMILES string of the molecule is C[C@@H](NC(=O)c1nnc(Cc2ccc(F)cc2Cl)o1)c1ccccc1. The second-order valence-corrected chi connectivity index (χ2v) is 5.93. The first-order chi connectivity index (χ1) is 12.0. The molecule has 7 heteroatoms. The van der Waals surface area contributed by atoms with Gasteiger partial charge in [0.1, 0.15) is 5.82 Å². The van der Waals surface area contributed by atoms with Crippen molar-refractivity contribution < 1.29 is 13.6 Å². The first-order valence-corrected chi connectivity index (χ1v) is 8.03. The lowest BCUT2D eigenvalue weighted by atomic mass is 10.1. The molecule has 128 valence electrons. The van der Waals surface area contributed by atoms with Crippen molar-refractivity contribution in [2.75, 3.05) is 0 Å². The van der Waals surface area contributed by atoms with Crippen LogP contribution in [0.3, 0.4) is 0 Å². The van der Waals surface area contributed by atoms with Crippen LogP contribution in [-0.2, 0) is 6.42 Å². The zero-order chi connectivity index (χ0) is 17.8. The van der Waals surface area contributed by atoms with Crippen LogP contribution in [0.2, 0.25) is 5.02 Å². The van der Waals surface area contributed by atoms with Crippen LogP contribution in [0.4, 0.5) is 4.39 Å². The summed E-state index contributed by atoms with van der Waals surface area (Å²) in [5.41, 5.74) is 1.60. The molecular weight excluding hydrogens is 345 g/mol. The highest BCUT2D eigenvalue weighted by atomic mass is 35.5. The summed E-state index contributed by atoms with van der Waals surface area (Å²) >= 11 is 5.98. The Morgan fingerprint density at radius 1 is 1.24 bits per heavy atom. The van der Waals surface area contributed by atoms with Gasteiger partial charge in [-0.1, -0.05) is 48.0 Å². The van der Waals surface area contributed by atoms with Crippen molar-refractivity contribution >= 4 is 17.5 Å². The van der Waals surface area contributed by atoms with Crippen LogP contribution >= 0.6 is 11.6 Å². The van der Waals surface area contributed by atoms with Gasteiger partial charge in [-0.25, -0.2) is 4.39 Å². The van der Waals surface area contributed by atoms with E-state index in [-0.39, 0.29) is 29.3 Å². The maximum atomic E-state index is 13.1. The van der Waals surface area contributed by atoms with E-state index in [1.807, 2.05) is 37.3 Å². The predicted octanol–water partition coefficient (Wildman–Crippen LogP) is 3.94. The number of rotatable bonds is 5. The molecule has 0 saturated carbocycles. The Labute approximate surface area is 148 Å². The van der Waals surface area contributed by atoms with Crippen molar-refractivity contribution in [2.45, 2.75) is 19.4 Å². The third-order valence-electron chi connectivity index (χ3n) is 3.67. The van der Waals surface area contributed by atoms with E-state index in [2.05, 4.69) is 15.5 Å². The van der Waals surface area contributed by atoms with Crippen molar-refractivity contribution in [1.29, 1.82) is 0 Å². The molecule has 0 spiro atoms. The highest BCUT2D eigenvalue weighted by Gasteiger charge is 2.18. The summed E-state index contributed by atoms with van der Waals surface area (Å²) in [6, 6.07) is 13.4. The number of nitrogens with zero attached hydrogens (tertiary/aromatic N) is 2. The smallest absolute Gasteiger partial charge is 0.309 e. The van der Waals surface area contributed by atoms with Crippen molar-refractivity contribution in [3.63, 3.8) is 0 Å². The van der Waals surface area contributed by atoms with E-state index in [0.717, 1.165) is 5.56 Å². The van der Waals surface area contributed by atoms with Gasteiger partial charge in [-0.05, 0) is 30.2 Å². The molecule has 1 heterocycles. The molecule has 0 aliphatic rings. The molecule has 0 saturated heterocycles. The summed E-state index contributed by atoms with van der Waals surface area (Å²) in [7, 11) is 0. The third-order valence-corrected chi connectivity index (χ3v) is 4.02. The fourth-order valence-electron chi connectivity index (χ4n) is 2.33. The summed E-state index contributed by atoms with van der Waals surface area (Å²) in [6.45, 7) is 1.86. The minimum Gasteiger partial charge on any atom is -0.417 e. The maximum Gasteiger partial charge on any atom is 0.309 e. The molecule has 5 nitrogen and oxygen atoms in total. The lowest BCUT2D eigenvalue weighted by Crippen LogP contribution is -2.26. The molecule has 0 aliphatic heterocycles. The fraction of sp³-hybridized carbons (Fsp3) is 0.167. The number of halogens is 2. The van der Waals surface area contributed by atoms with E-state index in [1.54, 1.807) is 6.07 Å². The number of aromatic nitrogens is 2. The average molecular weight is 360 g/mol. The molecule has 0 aliphatic carbocycles. The topological polar surface area (TPSA) is 68.0 Å². The van der Waals surface area contributed by atoms with Gasteiger partial charge < -0.3 is 9.73 Å². The van der Waals surface area contributed by atoms with Crippen LogP contribution in [0, 0.1) is 5.82 Å². The van der Waals surface area contributed by atoms with Crippen LogP contribution in [0.25, 0.3) is 0 Å². The molecule has 1 atom stereocenters. The Balaban J connectivity index is 1.67. The second kappa shape index (κ2) is 7.44. The van der Waals surface area contributed by atoms with Crippen molar-refractivity contribution in [3.8, 4) is 0 Å². The summed E-state index contributed by atoms with van der Waals surface area (Å²) in [4.78, 5) is 12.2. The molecule has 0 bridgehead atoms. The highest BCUT2D eigenvalue weighted by Crippen LogP contribution is 2.20. The van der Waals surface area contributed by atoms with Gasteiger partial charge in [0, 0.05) is 5.02 Å². The first-order valence-electron chi connectivity index (χ1n) is 7.65. The standard InChI is InChI=1S/C18H15ClFN3O2/c1-11(12-5-3-2-4-6-12)21-17(24)18-23-22-16(25-18)9-13-7-8-14(20)10-15(13)19/h2-8,10-11H,9H2,1H3,(H,21,24)/t11-/m1/s1. The number of carbonyl (C=O) groups excluding carboxylic acids is 1. The molecule has 2 aromatic carbocycles. The first kappa shape index (κ1) is 17.1. The number of carbonyl (C=O) groups is 1. The molecule has 1 aromatic heterocycles. The van der Waals surface area contributed by atoms with Gasteiger partial charge in [0.15, 0.2) is 0 Å². The van der Waals surface area contributed by atoms with Gasteiger partial charge >= 0.3 is 11.8 Å². The van der Waals surface area contributed by atoms with E-state index < -0.39 is 11.7 Å². The van der Waals surface area contributed by atoms with E-state index >= 15 is 0 Å². The normalized spacial score (nSPS) is 12.0. The third kappa shape index (κ3) is 4.22. The van der Waals surface area contributed by atoms with E-state index in [4.69, 9.17) is 16.0 Å². The lowest BCUT2D eigenvalue weighted by Gasteiger charge is -2.12. The largest absolute Gasteiger partial charge is 0.417 e. The lowest BCUT2D eigenvalue weighted by molar-refractivity contribution is 0.0903. The second-order valence-electron chi connectivity index (χ2n) is 5.52. The summed E-state index contributed by atoms with van der Waals surface area (Å²) in [5.74, 6) is -0.781. The van der Waals surface area contributed by atoms with Gasteiger partial charge in [-0.2, -0.15) is 0 Å². The zero-order valence-electron chi connectivity index (χ0n) is 13.4. The number of hydrogen-bond acceptors (Lipinski definition) is 4. The molecule has 0 radical (unpaired) electrons. The Bertz CT molecular complexity index is 883. The Morgan fingerprint density at radius 2 is 2.00 bits per heavy atom. The van der Waals surface area contributed by atoms with Crippen LogP contribution in [0.1, 0.15) is 40.7 Å². The van der Waals surface area contributed by atoms with Gasteiger partial charge in [-0.3, -0.25) is 4.79 Å². The van der Waals surface area contributed by atoms with Crippen molar-refractivity contribution in [2.24, 2.45) is 0 Å². The van der Waals surface area contributed by atoms with Gasteiger partial charge in [0.05, 0.1) is 12.5 Å². The zero-order valence-corrected chi connectivity index (χ0v) is 14.1. The number of nitrogens with one attached hydrogen (secondary N) is 1. The van der Waals surface area contributed by atoms with Gasteiger partial charge in [0.2, 0.25) is 5.89 Å². The molecule has 0 unspecified atom stereocenters. The monoisotopic (exact) mass is 359 g/mol. The summed E-state index contributed by atoms with van der Waals surface area (Å²) in [5, 5.41) is 10.7. The fourth-order valence-corrected chi connectivity index (χ4v) is 2.56. The minimum absolute atomic E-state index is 0.129. The average Bonchev–Trinajstić information content (AvgIpc) is 3.07. The Hall–Kier alpha value is -2.73. The number of benzene rings is 2. The number of amides is 1. The Kier molecular flexibility index (Phi) is 5.09. The van der Waals surface area contributed by atoms with Crippen molar-refractivity contribution in [3.05, 3.63) is 82.3 Å². The highest BCUT2D eigenvalue weighted by molar-refractivity contribution is 6.31. The van der Waals surface area contributed by atoms with Gasteiger partial charge in [-0.15, -0.1) is 10.2 Å². The Morgan fingerprint density at radius 3 is 2.72 bits per heavy atom.